The van der Waals surface area contributed by atoms with Gasteiger partial charge in [0.2, 0.25) is 0 Å². The topological polar surface area (TPSA) is 66.1 Å². The van der Waals surface area contributed by atoms with Crippen LogP contribution in [0.15, 0.2) is 35.1 Å². The average Bonchev–Trinajstić information content (AvgIpc) is 3.33. The Kier molecular flexibility index (Phi) is 3.75. The number of carbonyl (C=O) groups is 1. The standard InChI is InChI=1S/C16H16FN3O2/c1-20(9-11-4-2-3-5-12(11)17)16(22)13-8-14(21)19-15(18-13)10-6-7-10/h2-5,8,10H,6-7,9H2,1H3,(H,18,19,21). The van der Waals surface area contributed by atoms with Gasteiger partial charge in [0.1, 0.15) is 17.3 Å². The Balaban J connectivity index is 1.81. The summed E-state index contributed by atoms with van der Waals surface area (Å²) in [5, 5.41) is 0. The van der Waals surface area contributed by atoms with Gasteiger partial charge in [0.15, 0.2) is 0 Å². The van der Waals surface area contributed by atoms with Gasteiger partial charge in [-0.2, -0.15) is 0 Å². The molecule has 1 saturated carbocycles. The molecule has 0 aliphatic heterocycles. The molecule has 2 aromatic rings. The fraction of sp³-hybridized carbons (Fsp3) is 0.312. The highest BCUT2D eigenvalue weighted by Crippen LogP contribution is 2.37. The van der Waals surface area contributed by atoms with E-state index in [1.807, 2.05) is 0 Å². The molecule has 3 rings (SSSR count). The summed E-state index contributed by atoms with van der Waals surface area (Å²) in [6, 6.07) is 7.48. The molecular weight excluding hydrogens is 285 g/mol. The summed E-state index contributed by atoms with van der Waals surface area (Å²) < 4.78 is 13.6. The summed E-state index contributed by atoms with van der Waals surface area (Å²) in [7, 11) is 1.56. The van der Waals surface area contributed by atoms with Crippen molar-refractivity contribution in [2.45, 2.75) is 25.3 Å². The number of halogens is 1. The number of aromatic amines is 1. The van der Waals surface area contributed by atoms with E-state index in [4.69, 9.17) is 0 Å². The summed E-state index contributed by atoms with van der Waals surface area (Å²) in [6.07, 6.45) is 1.96. The maximum Gasteiger partial charge on any atom is 0.272 e. The fourth-order valence-corrected chi connectivity index (χ4v) is 2.29. The maximum atomic E-state index is 13.6. The molecule has 1 aliphatic carbocycles. The van der Waals surface area contributed by atoms with E-state index >= 15 is 0 Å². The number of amides is 1. The number of hydrogen-bond donors (Lipinski definition) is 1. The minimum absolute atomic E-state index is 0.101. The highest BCUT2D eigenvalue weighted by molar-refractivity contribution is 5.92. The molecule has 0 radical (unpaired) electrons. The monoisotopic (exact) mass is 301 g/mol. The minimum atomic E-state index is -0.392. The molecule has 1 fully saturated rings. The van der Waals surface area contributed by atoms with E-state index in [9.17, 15) is 14.0 Å². The highest BCUT2D eigenvalue weighted by Gasteiger charge is 2.27. The quantitative estimate of drug-likeness (QED) is 0.940. The van der Waals surface area contributed by atoms with E-state index in [0.29, 0.717) is 11.4 Å². The number of benzene rings is 1. The second kappa shape index (κ2) is 5.71. The summed E-state index contributed by atoms with van der Waals surface area (Å²) in [6.45, 7) is 0.124. The van der Waals surface area contributed by atoms with Gasteiger partial charge in [-0.1, -0.05) is 18.2 Å². The number of nitrogens with one attached hydrogen (secondary N) is 1. The molecule has 1 heterocycles. The van der Waals surface area contributed by atoms with Crippen LogP contribution < -0.4 is 5.56 Å². The number of aromatic nitrogens is 2. The van der Waals surface area contributed by atoms with Crippen molar-refractivity contribution >= 4 is 5.91 Å². The molecule has 0 atom stereocenters. The number of nitrogens with zero attached hydrogens (tertiary/aromatic N) is 2. The number of carbonyl (C=O) groups excluding carboxylic acids is 1. The van der Waals surface area contributed by atoms with Crippen molar-refractivity contribution in [3.8, 4) is 0 Å². The van der Waals surface area contributed by atoms with Crippen molar-refractivity contribution in [3.05, 3.63) is 63.6 Å². The van der Waals surface area contributed by atoms with Crippen LogP contribution in [0.5, 0.6) is 0 Å². The second-order valence-electron chi connectivity index (χ2n) is 5.54. The molecule has 0 unspecified atom stereocenters. The zero-order chi connectivity index (χ0) is 15.7. The predicted molar refractivity (Wildman–Crippen MR) is 79.0 cm³/mol. The van der Waals surface area contributed by atoms with Crippen LogP contribution in [0.4, 0.5) is 4.39 Å². The van der Waals surface area contributed by atoms with E-state index in [1.54, 1.807) is 25.2 Å². The van der Waals surface area contributed by atoms with Gasteiger partial charge in [-0.3, -0.25) is 9.59 Å². The van der Waals surface area contributed by atoms with Crippen molar-refractivity contribution in [2.24, 2.45) is 0 Å². The molecule has 1 aliphatic rings. The van der Waals surface area contributed by atoms with Crippen molar-refractivity contribution in [1.82, 2.24) is 14.9 Å². The second-order valence-corrected chi connectivity index (χ2v) is 5.54. The number of H-pyrrole nitrogens is 1. The molecule has 1 aromatic carbocycles. The van der Waals surface area contributed by atoms with Gasteiger partial charge in [-0.05, 0) is 18.9 Å². The molecule has 0 bridgehead atoms. The molecule has 1 aromatic heterocycles. The lowest BCUT2D eigenvalue weighted by molar-refractivity contribution is 0.0777. The Morgan fingerprint density at radius 3 is 2.82 bits per heavy atom. The molecule has 1 amide bonds. The molecule has 0 saturated heterocycles. The first-order valence-electron chi connectivity index (χ1n) is 7.14. The molecule has 114 valence electrons. The van der Waals surface area contributed by atoms with Gasteiger partial charge in [-0.25, -0.2) is 9.37 Å². The van der Waals surface area contributed by atoms with Crippen LogP contribution >= 0.6 is 0 Å². The van der Waals surface area contributed by atoms with E-state index in [1.165, 1.54) is 17.0 Å². The van der Waals surface area contributed by atoms with Gasteiger partial charge < -0.3 is 9.88 Å². The first-order chi connectivity index (χ1) is 10.5. The van der Waals surface area contributed by atoms with Crippen molar-refractivity contribution < 1.29 is 9.18 Å². The molecular formula is C16H16FN3O2. The lowest BCUT2D eigenvalue weighted by Gasteiger charge is -2.17. The first-order valence-corrected chi connectivity index (χ1v) is 7.14. The van der Waals surface area contributed by atoms with Crippen LogP contribution in [-0.4, -0.2) is 27.8 Å². The van der Waals surface area contributed by atoms with E-state index in [-0.39, 0.29) is 29.5 Å². The molecule has 1 N–H and O–H groups in total. The highest BCUT2D eigenvalue weighted by atomic mass is 19.1. The molecule has 0 spiro atoms. The third-order valence-electron chi connectivity index (χ3n) is 3.66. The SMILES string of the molecule is CN(Cc1ccccc1F)C(=O)c1cc(=O)[nH]c(C2CC2)n1. The Labute approximate surface area is 126 Å². The number of rotatable bonds is 4. The fourth-order valence-electron chi connectivity index (χ4n) is 2.29. The number of hydrogen-bond acceptors (Lipinski definition) is 3. The van der Waals surface area contributed by atoms with E-state index in [0.717, 1.165) is 12.8 Å². The Hall–Kier alpha value is -2.50. The molecule has 22 heavy (non-hydrogen) atoms. The third kappa shape index (κ3) is 3.05. The summed E-state index contributed by atoms with van der Waals surface area (Å²) >= 11 is 0. The van der Waals surface area contributed by atoms with Gasteiger partial charge in [0.05, 0.1) is 0 Å². The van der Waals surface area contributed by atoms with Gasteiger partial charge >= 0.3 is 0 Å². The van der Waals surface area contributed by atoms with Gasteiger partial charge in [0, 0.05) is 31.1 Å². The third-order valence-corrected chi connectivity index (χ3v) is 3.66. The summed E-state index contributed by atoms with van der Waals surface area (Å²) in [4.78, 5) is 32.3. The Morgan fingerprint density at radius 2 is 2.14 bits per heavy atom. The van der Waals surface area contributed by atoms with Gasteiger partial charge in [-0.15, -0.1) is 0 Å². The smallest absolute Gasteiger partial charge is 0.272 e. The molecule has 5 nitrogen and oxygen atoms in total. The zero-order valence-electron chi connectivity index (χ0n) is 12.2. The Morgan fingerprint density at radius 1 is 1.41 bits per heavy atom. The van der Waals surface area contributed by atoms with Crippen molar-refractivity contribution in [1.29, 1.82) is 0 Å². The summed E-state index contributed by atoms with van der Waals surface area (Å²) in [5.41, 5.74) is 0.189. The van der Waals surface area contributed by atoms with Crippen LogP contribution in [0.2, 0.25) is 0 Å². The lowest BCUT2D eigenvalue weighted by Crippen LogP contribution is -2.29. The zero-order valence-corrected chi connectivity index (χ0v) is 12.2. The van der Waals surface area contributed by atoms with Crippen LogP contribution in [-0.2, 0) is 6.54 Å². The maximum absolute atomic E-state index is 13.6. The van der Waals surface area contributed by atoms with Gasteiger partial charge in [0.25, 0.3) is 11.5 Å². The van der Waals surface area contributed by atoms with Crippen LogP contribution in [0.3, 0.4) is 0 Å². The summed E-state index contributed by atoms with van der Waals surface area (Å²) in [5.74, 6) is 0.0587. The van der Waals surface area contributed by atoms with Crippen molar-refractivity contribution in [3.63, 3.8) is 0 Å². The van der Waals surface area contributed by atoms with Crippen molar-refractivity contribution in [2.75, 3.05) is 7.05 Å². The predicted octanol–water partition coefficient (Wildman–Crippen LogP) is 2.06. The van der Waals surface area contributed by atoms with E-state index < -0.39 is 5.91 Å². The molecule has 6 heteroatoms. The van der Waals surface area contributed by atoms with Crippen LogP contribution in [0, 0.1) is 5.82 Å². The van der Waals surface area contributed by atoms with Crippen LogP contribution in [0.1, 0.15) is 40.6 Å². The van der Waals surface area contributed by atoms with E-state index in [2.05, 4.69) is 9.97 Å². The normalized spacial score (nSPS) is 13.9. The lowest BCUT2D eigenvalue weighted by atomic mass is 10.2. The minimum Gasteiger partial charge on any atom is -0.336 e. The Bertz CT molecular complexity index is 768. The first kappa shape index (κ1) is 14.4. The van der Waals surface area contributed by atoms with Crippen LogP contribution in [0.25, 0.3) is 0 Å². The average molecular weight is 301 g/mol. The largest absolute Gasteiger partial charge is 0.336 e.